The summed E-state index contributed by atoms with van der Waals surface area (Å²) in [4.78, 5) is 20.7. The van der Waals surface area contributed by atoms with Gasteiger partial charge in [-0.05, 0) is 45.2 Å². The Bertz CT molecular complexity index is 674. The zero-order chi connectivity index (χ0) is 15.5. The molecule has 1 aliphatic rings. The fourth-order valence-corrected chi connectivity index (χ4v) is 3.03. The molecule has 0 spiro atoms. The highest BCUT2D eigenvalue weighted by molar-refractivity contribution is 5.76. The molecule has 2 aromatic rings. The number of aromatic nitrogens is 4. The van der Waals surface area contributed by atoms with Gasteiger partial charge in [-0.3, -0.25) is 4.79 Å². The minimum Gasteiger partial charge on any atom is -0.352 e. The molecule has 1 atom stereocenters. The summed E-state index contributed by atoms with van der Waals surface area (Å²) in [6.45, 7) is 5.87. The fourth-order valence-electron chi connectivity index (χ4n) is 3.03. The Hall–Kier alpha value is -2.02. The molecule has 3 rings (SSSR count). The van der Waals surface area contributed by atoms with E-state index in [0.29, 0.717) is 18.6 Å². The van der Waals surface area contributed by atoms with Crippen LogP contribution < -0.4 is 10.6 Å². The lowest BCUT2D eigenvalue weighted by molar-refractivity contribution is -0.121. The summed E-state index contributed by atoms with van der Waals surface area (Å²) in [5.41, 5.74) is 3.01. The number of nitrogens with zero attached hydrogens (tertiary/aromatic N) is 4. The number of fused-ring (bicyclic) bond motifs is 1. The number of rotatable bonds is 4. The highest BCUT2D eigenvalue weighted by Crippen LogP contribution is 2.15. The number of piperidine rings is 1. The highest BCUT2D eigenvalue weighted by Gasteiger charge is 2.16. The van der Waals surface area contributed by atoms with Gasteiger partial charge in [-0.1, -0.05) is 0 Å². The molecule has 3 heterocycles. The average molecular weight is 302 g/mol. The summed E-state index contributed by atoms with van der Waals surface area (Å²) < 4.78 is 1.73. The molecule has 1 saturated heterocycles. The number of carbonyl (C=O) groups is 1. The second kappa shape index (κ2) is 6.39. The number of nitrogens with one attached hydrogen (secondary N) is 2. The van der Waals surface area contributed by atoms with E-state index < -0.39 is 0 Å². The van der Waals surface area contributed by atoms with Crippen molar-refractivity contribution in [1.82, 2.24) is 30.2 Å². The van der Waals surface area contributed by atoms with E-state index in [2.05, 4.69) is 25.7 Å². The van der Waals surface area contributed by atoms with Crippen LogP contribution >= 0.6 is 0 Å². The second-order valence-corrected chi connectivity index (χ2v) is 5.84. The zero-order valence-electron chi connectivity index (χ0n) is 13.1. The van der Waals surface area contributed by atoms with Crippen molar-refractivity contribution < 1.29 is 4.79 Å². The van der Waals surface area contributed by atoms with E-state index in [-0.39, 0.29) is 11.9 Å². The first-order valence-corrected chi connectivity index (χ1v) is 7.81. The number of hydrogen-bond acceptors (Lipinski definition) is 5. The normalized spacial score (nSPS) is 18.5. The summed E-state index contributed by atoms with van der Waals surface area (Å²) >= 11 is 0. The third kappa shape index (κ3) is 3.09. The van der Waals surface area contributed by atoms with Gasteiger partial charge in [-0.2, -0.15) is 10.1 Å². The molecule has 0 saturated carbocycles. The summed E-state index contributed by atoms with van der Waals surface area (Å²) in [6, 6.07) is 0.263. The zero-order valence-corrected chi connectivity index (χ0v) is 13.1. The molecule has 1 fully saturated rings. The van der Waals surface area contributed by atoms with Crippen LogP contribution in [0.25, 0.3) is 5.78 Å². The molecule has 2 N–H and O–H groups in total. The summed E-state index contributed by atoms with van der Waals surface area (Å²) in [6.07, 6.45) is 4.83. The van der Waals surface area contributed by atoms with E-state index in [9.17, 15) is 4.79 Å². The predicted molar refractivity (Wildman–Crippen MR) is 82.6 cm³/mol. The molecule has 1 aliphatic heterocycles. The summed E-state index contributed by atoms with van der Waals surface area (Å²) in [5, 5.41) is 10.6. The van der Waals surface area contributed by atoms with Crippen molar-refractivity contribution in [3.8, 4) is 0 Å². The lowest BCUT2D eigenvalue weighted by atomic mass is 10.0. The Kier molecular flexibility index (Phi) is 4.33. The molecule has 2 aromatic heterocycles. The number of aryl methyl sites for hydroxylation is 2. The van der Waals surface area contributed by atoms with Crippen LogP contribution in [0.5, 0.6) is 0 Å². The van der Waals surface area contributed by atoms with Crippen LogP contribution in [0.2, 0.25) is 0 Å². The molecular formula is C15H22N6O. The third-order valence-electron chi connectivity index (χ3n) is 4.25. The van der Waals surface area contributed by atoms with Gasteiger partial charge < -0.3 is 10.6 Å². The molecule has 0 aliphatic carbocycles. The minimum absolute atomic E-state index is 0.103. The van der Waals surface area contributed by atoms with Gasteiger partial charge in [0.25, 0.3) is 5.78 Å². The van der Waals surface area contributed by atoms with E-state index in [1.165, 1.54) is 6.33 Å². The van der Waals surface area contributed by atoms with E-state index in [1.54, 1.807) is 4.52 Å². The summed E-state index contributed by atoms with van der Waals surface area (Å²) in [7, 11) is 0. The van der Waals surface area contributed by atoms with E-state index in [4.69, 9.17) is 0 Å². The van der Waals surface area contributed by atoms with Crippen molar-refractivity contribution in [3.05, 3.63) is 23.3 Å². The molecule has 7 heteroatoms. The molecule has 0 bridgehead atoms. The number of carbonyl (C=O) groups excluding carboxylic acids is 1. The Labute approximate surface area is 129 Å². The fraction of sp³-hybridized carbons (Fsp3) is 0.600. The molecule has 0 unspecified atom stereocenters. The first kappa shape index (κ1) is 14.9. The molecule has 118 valence electrons. The van der Waals surface area contributed by atoms with Gasteiger partial charge in [-0.15, -0.1) is 0 Å². The molecular weight excluding hydrogens is 280 g/mol. The quantitative estimate of drug-likeness (QED) is 0.861. The van der Waals surface area contributed by atoms with Crippen LogP contribution in [0.15, 0.2) is 6.33 Å². The molecule has 0 aromatic carbocycles. The number of amides is 1. The van der Waals surface area contributed by atoms with Gasteiger partial charge in [0.15, 0.2) is 0 Å². The second-order valence-electron chi connectivity index (χ2n) is 5.84. The maximum Gasteiger partial charge on any atom is 0.252 e. The topological polar surface area (TPSA) is 84.2 Å². The maximum absolute atomic E-state index is 12.1. The van der Waals surface area contributed by atoms with Gasteiger partial charge in [-0.25, -0.2) is 9.50 Å². The van der Waals surface area contributed by atoms with Crippen molar-refractivity contribution in [2.45, 2.75) is 45.6 Å². The van der Waals surface area contributed by atoms with Gasteiger partial charge in [0.05, 0.1) is 0 Å². The van der Waals surface area contributed by atoms with Crippen molar-refractivity contribution in [1.29, 1.82) is 0 Å². The number of hydrogen-bond donors (Lipinski definition) is 2. The van der Waals surface area contributed by atoms with Crippen LogP contribution in [-0.4, -0.2) is 44.6 Å². The van der Waals surface area contributed by atoms with E-state index in [0.717, 1.165) is 42.9 Å². The van der Waals surface area contributed by atoms with Crippen LogP contribution in [0, 0.1) is 13.8 Å². The Morgan fingerprint density at radius 1 is 1.50 bits per heavy atom. The average Bonchev–Trinajstić information content (AvgIpc) is 2.96. The van der Waals surface area contributed by atoms with Crippen molar-refractivity contribution in [2.75, 3.05) is 13.1 Å². The SMILES string of the molecule is Cc1nc2ncnn2c(C)c1CCC(=O)N[C@H]1CCCNC1. The Balaban J connectivity index is 1.64. The lowest BCUT2D eigenvalue weighted by Gasteiger charge is -2.23. The van der Waals surface area contributed by atoms with Gasteiger partial charge in [0.2, 0.25) is 5.91 Å². The highest BCUT2D eigenvalue weighted by atomic mass is 16.1. The third-order valence-corrected chi connectivity index (χ3v) is 4.25. The molecule has 22 heavy (non-hydrogen) atoms. The molecule has 1 amide bonds. The van der Waals surface area contributed by atoms with E-state index in [1.807, 2.05) is 13.8 Å². The smallest absolute Gasteiger partial charge is 0.252 e. The van der Waals surface area contributed by atoms with E-state index >= 15 is 0 Å². The van der Waals surface area contributed by atoms with Crippen LogP contribution in [0.1, 0.15) is 36.2 Å². The standard InChI is InChI=1S/C15H22N6O/c1-10-13(11(2)21-15(19-10)17-9-18-21)5-6-14(22)20-12-4-3-7-16-8-12/h9,12,16H,3-8H2,1-2H3,(H,20,22)/t12-/m0/s1. The maximum atomic E-state index is 12.1. The Morgan fingerprint density at radius 2 is 2.36 bits per heavy atom. The first-order valence-electron chi connectivity index (χ1n) is 7.81. The lowest BCUT2D eigenvalue weighted by Crippen LogP contribution is -2.45. The minimum atomic E-state index is 0.103. The van der Waals surface area contributed by atoms with Gasteiger partial charge in [0.1, 0.15) is 6.33 Å². The molecule has 7 nitrogen and oxygen atoms in total. The van der Waals surface area contributed by atoms with Crippen LogP contribution in [0.3, 0.4) is 0 Å². The van der Waals surface area contributed by atoms with Crippen LogP contribution in [-0.2, 0) is 11.2 Å². The summed E-state index contributed by atoms with van der Waals surface area (Å²) in [5.74, 6) is 0.711. The monoisotopic (exact) mass is 302 g/mol. The van der Waals surface area contributed by atoms with Gasteiger partial charge in [0, 0.05) is 30.4 Å². The van der Waals surface area contributed by atoms with Crippen molar-refractivity contribution in [2.24, 2.45) is 0 Å². The largest absolute Gasteiger partial charge is 0.352 e. The Morgan fingerprint density at radius 3 is 3.14 bits per heavy atom. The molecule has 0 radical (unpaired) electrons. The predicted octanol–water partition coefficient (Wildman–Crippen LogP) is 0.542. The van der Waals surface area contributed by atoms with Crippen LogP contribution in [0.4, 0.5) is 0 Å². The van der Waals surface area contributed by atoms with Crippen molar-refractivity contribution >= 4 is 11.7 Å². The van der Waals surface area contributed by atoms with Crippen molar-refractivity contribution in [3.63, 3.8) is 0 Å². The first-order chi connectivity index (χ1) is 10.6. The van der Waals surface area contributed by atoms with Gasteiger partial charge >= 0.3 is 0 Å².